The Morgan fingerprint density at radius 1 is 1.50 bits per heavy atom. The van der Waals surface area contributed by atoms with E-state index in [1.54, 1.807) is 0 Å². The van der Waals surface area contributed by atoms with Crippen LogP contribution < -0.4 is 5.32 Å². The predicted molar refractivity (Wildman–Crippen MR) is 62.5 cm³/mol. The number of thiocarbonyl (C=S) groups is 1. The lowest BCUT2D eigenvalue weighted by Gasteiger charge is -2.23. The molecule has 0 spiro atoms. The molecular weight excluding hydrogens is 196 g/mol. The summed E-state index contributed by atoms with van der Waals surface area (Å²) < 4.78 is 5.51. The summed E-state index contributed by atoms with van der Waals surface area (Å²) in [5.41, 5.74) is 0. The minimum atomic E-state index is 0.364. The van der Waals surface area contributed by atoms with Gasteiger partial charge in [-0.2, -0.15) is 0 Å². The summed E-state index contributed by atoms with van der Waals surface area (Å²) in [6.07, 6.45) is 2.71. The van der Waals surface area contributed by atoms with E-state index in [0.29, 0.717) is 6.10 Å². The van der Waals surface area contributed by atoms with E-state index in [4.69, 9.17) is 17.0 Å². The minimum Gasteiger partial charge on any atom is -0.376 e. The highest BCUT2D eigenvalue weighted by atomic mass is 32.1. The van der Waals surface area contributed by atoms with Crippen LogP contribution in [0.25, 0.3) is 0 Å². The lowest BCUT2D eigenvalue weighted by molar-refractivity contribution is 0.113. The van der Waals surface area contributed by atoms with E-state index >= 15 is 0 Å². The molecular formula is C10H20N2OS. The monoisotopic (exact) mass is 216 g/mol. The molecule has 0 aromatic heterocycles. The van der Waals surface area contributed by atoms with Crippen molar-refractivity contribution in [3.05, 3.63) is 0 Å². The van der Waals surface area contributed by atoms with Gasteiger partial charge in [-0.1, -0.05) is 0 Å². The van der Waals surface area contributed by atoms with Crippen molar-refractivity contribution in [3.8, 4) is 0 Å². The number of hydrogen-bond acceptors (Lipinski definition) is 2. The van der Waals surface area contributed by atoms with Crippen LogP contribution in [0.5, 0.6) is 0 Å². The molecule has 4 heteroatoms. The summed E-state index contributed by atoms with van der Waals surface area (Å²) in [5.74, 6) is 0. The van der Waals surface area contributed by atoms with Crippen molar-refractivity contribution >= 4 is 17.3 Å². The molecule has 1 aliphatic rings. The number of rotatable bonds is 4. The van der Waals surface area contributed by atoms with Crippen molar-refractivity contribution in [1.82, 2.24) is 10.2 Å². The minimum absolute atomic E-state index is 0.364. The second-order valence-electron chi connectivity index (χ2n) is 3.49. The molecule has 1 N–H and O–H groups in total. The fourth-order valence-corrected chi connectivity index (χ4v) is 1.97. The standard InChI is InChI=1S/C10H20N2OS/c1-3-12(4-2)10(14)11-8-9-6-5-7-13-9/h9H,3-8H2,1-2H3,(H,11,14). The van der Waals surface area contributed by atoms with Gasteiger partial charge in [0.15, 0.2) is 5.11 Å². The zero-order chi connectivity index (χ0) is 10.4. The van der Waals surface area contributed by atoms with Gasteiger partial charge in [0.25, 0.3) is 0 Å². The molecule has 0 aliphatic carbocycles. The van der Waals surface area contributed by atoms with Crippen molar-refractivity contribution < 1.29 is 4.74 Å². The highest BCUT2D eigenvalue weighted by Crippen LogP contribution is 2.10. The average Bonchev–Trinajstić information content (AvgIpc) is 2.69. The number of hydrogen-bond donors (Lipinski definition) is 1. The van der Waals surface area contributed by atoms with Gasteiger partial charge < -0.3 is 15.0 Å². The van der Waals surface area contributed by atoms with E-state index in [0.717, 1.165) is 37.8 Å². The Labute approximate surface area is 91.8 Å². The molecule has 3 nitrogen and oxygen atoms in total. The molecule has 82 valence electrons. The highest BCUT2D eigenvalue weighted by Gasteiger charge is 2.16. The second-order valence-corrected chi connectivity index (χ2v) is 3.88. The van der Waals surface area contributed by atoms with Crippen LogP contribution in [0, 0.1) is 0 Å². The molecule has 0 bridgehead atoms. The molecule has 1 aliphatic heterocycles. The predicted octanol–water partition coefficient (Wildman–Crippen LogP) is 1.38. The van der Waals surface area contributed by atoms with Crippen molar-refractivity contribution in [2.45, 2.75) is 32.8 Å². The summed E-state index contributed by atoms with van der Waals surface area (Å²) in [6.45, 7) is 7.93. The quantitative estimate of drug-likeness (QED) is 0.718. The molecule has 1 rings (SSSR count). The Hall–Kier alpha value is -0.350. The van der Waals surface area contributed by atoms with Crippen LogP contribution in [-0.4, -0.2) is 42.4 Å². The Balaban J connectivity index is 2.18. The summed E-state index contributed by atoms with van der Waals surface area (Å²) in [4.78, 5) is 2.14. The van der Waals surface area contributed by atoms with E-state index in [1.807, 2.05) is 0 Å². The fourth-order valence-electron chi connectivity index (χ4n) is 1.63. The van der Waals surface area contributed by atoms with Gasteiger partial charge in [-0.3, -0.25) is 0 Å². The molecule has 1 unspecified atom stereocenters. The summed E-state index contributed by atoms with van der Waals surface area (Å²) in [6, 6.07) is 0. The third-order valence-electron chi connectivity index (χ3n) is 2.56. The van der Waals surface area contributed by atoms with E-state index in [1.165, 1.54) is 6.42 Å². The van der Waals surface area contributed by atoms with Crippen molar-refractivity contribution in [1.29, 1.82) is 0 Å². The average molecular weight is 216 g/mol. The maximum atomic E-state index is 5.51. The summed E-state index contributed by atoms with van der Waals surface area (Å²) >= 11 is 5.27. The van der Waals surface area contributed by atoms with Gasteiger partial charge in [-0.15, -0.1) is 0 Å². The van der Waals surface area contributed by atoms with Crippen LogP contribution in [-0.2, 0) is 4.74 Å². The van der Waals surface area contributed by atoms with E-state index in [-0.39, 0.29) is 0 Å². The number of nitrogens with one attached hydrogen (secondary N) is 1. The Kier molecular flexibility index (Phi) is 5.19. The molecule has 0 aromatic rings. The van der Waals surface area contributed by atoms with E-state index in [9.17, 15) is 0 Å². The fraction of sp³-hybridized carbons (Fsp3) is 0.900. The first-order valence-corrected chi connectivity index (χ1v) is 5.83. The zero-order valence-electron chi connectivity index (χ0n) is 9.08. The van der Waals surface area contributed by atoms with Crippen LogP contribution in [0.15, 0.2) is 0 Å². The van der Waals surface area contributed by atoms with Gasteiger partial charge in [0.2, 0.25) is 0 Å². The van der Waals surface area contributed by atoms with Crippen LogP contribution >= 0.6 is 12.2 Å². The van der Waals surface area contributed by atoms with Crippen molar-refractivity contribution in [2.75, 3.05) is 26.2 Å². The second kappa shape index (κ2) is 6.19. The van der Waals surface area contributed by atoms with Gasteiger partial charge in [0.1, 0.15) is 0 Å². The van der Waals surface area contributed by atoms with Gasteiger partial charge in [-0.25, -0.2) is 0 Å². The van der Waals surface area contributed by atoms with Crippen LogP contribution in [0.1, 0.15) is 26.7 Å². The first-order chi connectivity index (χ1) is 6.77. The smallest absolute Gasteiger partial charge is 0.169 e. The van der Waals surface area contributed by atoms with Crippen LogP contribution in [0.4, 0.5) is 0 Å². The highest BCUT2D eigenvalue weighted by molar-refractivity contribution is 7.80. The van der Waals surface area contributed by atoms with Gasteiger partial charge in [0, 0.05) is 26.2 Å². The lowest BCUT2D eigenvalue weighted by atomic mass is 10.2. The third kappa shape index (κ3) is 3.42. The topological polar surface area (TPSA) is 24.5 Å². The molecule has 1 heterocycles. The SMILES string of the molecule is CCN(CC)C(=S)NCC1CCCO1. The molecule has 0 aromatic carbocycles. The Morgan fingerprint density at radius 2 is 2.21 bits per heavy atom. The molecule has 1 atom stereocenters. The summed E-state index contributed by atoms with van der Waals surface area (Å²) in [7, 11) is 0. The normalized spacial score (nSPS) is 20.9. The largest absolute Gasteiger partial charge is 0.376 e. The van der Waals surface area contributed by atoms with Crippen molar-refractivity contribution in [3.63, 3.8) is 0 Å². The molecule has 1 saturated heterocycles. The Bertz CT molecular complexity index is 177. The van der Waals surface area contributed by atoms with Gasteiger partial charge in [0.05, 0.1) is 6.10 Å². The molecule has 1 fully saturated rings. The van der Waals surface area contributed by atoms with Gasteiger partial charge in [-0.05, 0) is 38.9 Å². The molecule has 0 amide bonds. The Morgan fingerprint density at radius 3 is 2.71 bits per heavy atom. The first-order valence-electron chi connectivity index (χ1n) is 5.42. The van der Waals surface area contributed by atoms with E-state index in [2.05, 4.69) is 24.1 Å². The van der Waals surface area contributed by atoms with Crippen molar-refractivity contribution in [2.24, 2.45) is 0 Å². The molecule has 0 radical (unpaired) electrons. The molecule has 0 saturated carbocycles. The number of ether oxygens (including phenoxy) is 1. The maximum Gasteiger partial charge on any atom is 0.169 e. The van der Waals surface area contributed by atoms with Gasteiger partial charge >= 0.3 is 0 Å². The maximum absolute atomic E-state index is 5.51. The zero-order valence-corrected chi connectivity index (χ0v) is 9.90. The van der Waals surface area contributed by atoms with E-state index < -0.39 is 0 Å². The molecule has 14 heavy (non-hydrogen) atoms. The lowest BCUT2D eigenvalue weighted by Crippen LogP contribution is -2.42. The van der Waals surface area contributed by atoms with Crippen LogP contribution in [0.3, 0.4) is 0 Å². The summed E-state index contributed by atoms with van der Waals surface area (Å²) in [5, 5.41) is 4.11. The number of nitrogens with zero attached hydrogens (tertiary/aromatic N) is 1. The first kappa shape index (κ1) is 11.7. The van der Waals surface area contributed by atoms with Crippen LogP contribution in [0.2, 0.25) is 0 Å². The third-order valence-corrected chi connectivity index (χ3v) is 2.96.